The van der Waals surface area contributed by atoms with Gasteiger partial charge in [0.25, 0.3) is 5.91 Å². The molecule has 0 spiro atoms. The van der Waals surface area contributed by atoms with E-state index in [-0.39, 0.29) is 41.0 Å². The van der Waals surface area contributed by atoms with E-state index in [1.807, 2.05) is 0 Å². The SMILES string of the molecule is CN(CCCO)C(=O)c1ccc(Nc2ncnc3c2c(F)cn3C2CCN(c3ncc(Cl)cn3)CC2)c(F)c1. The number of amides is 1. The highest BCUT2D eigenvalue weighted by atomic mass is 35.5. The van der Waals surface area contributed by atoms with Crippen LogP contribution in [-0.2, 0) is 0 Å². The maximum absolute atomic E-state index is 15.2. The number of hydrogen-bond donors (Lipinski definition) is 2. The summed E-state index contributed by atoms with van der Waals surface area (Å²) < 4.78 is 32.0. The first-order chi connectivity index (χ1) is 18.9. The summed E-state index contributed by atoms with van der Waals surface area (Å²) in [6.07, 6.45) is 7.70. The lowest BCUT2D eigenvalue weighted by Gasteiger charge is -2.32. The summed E-state index contributed by atoms with van der Waals surface area (Å²) in [6, 6.07) is 4.02. The predicted octanol–water partition coefficient (Wildman–Crippen LogP) is 4.19. The van der Waals surface area contributed by atoms with Crippen LogP contribution in [0.15, 0.2) is 43.1 Å². The quantitative estimate of drug-likeness (QED) is 0.332. The van der Waals surface area contributed by atoms with Crippen LogP contribution in [0.25, 0.3) is 11.0 Å². The molecule has 39 heavy (non-hydrogen) atoms. The highest BCUT2D eigenvalue weighted by molar-refractivity contribution is 6.30. The third kappa shape index (κ3) is 5.62. The number of halogens is 3. The standard InChI is InChI=1S/C26H27ClF2N8O2/c1-35(7-2-10-38)25(39)16-3-4-21(19(28)11-16)34-23-22-20(29)14-37(24(22)33-15-32-23)18-5-8-36(9-6-18)26-30-12-17(27)13-31-26/h3-4,11-15,18,38H,2,5-10H2,1H3,(H,32,33,34). The number of carbonyl (C=O) groups excluding carboxylic acids is 1. The van der Waals surface area contributed by atoms with Gasteiger partial charge in [-0.1, -0.05) is 11.6 Å². The molecule has 1 aliphatic heterocycles. The molecular weight excluding hydrogens is 530 g/mol. The molecule has 2 N–H and O–H groups in total. The molecule has 5 rings (SSSR count). The zero-order chi connectivity index (χ0) is 27.5. The highest BCUT2D eigenvalue weighted by Crippen LogP contribution is 2.33. The van der Waals surface area contributed by atoms with Crippen molar-refractivity contribution in [3.05, 3.63) is 65.3 Å². The van der Waals surface area contributed by atoms with Gasteiger partial charge in [0.2, 0.25) is 5.95 Å². The minimum Gasteiger partial charge on any atom is -0.396 e. The number of nitrogens with zero attached hydrogens (tertiary/aromatic N) is 7. The first-order valence-corrected chi connectivity index (χ1v) is 12.9. The number of fused-ring (bicyclic) bond motifs is 1. The number of aliphatic hydroxyl groups is 1. The number of nitrogens with one attached hydrogen (secondary N) is 1. The van der Waals surface area contributed by atoms with Crippen LogP contribution in [0.4, 0.5) is 26.2 Å². The van der Waals surface area contributed by atoms with Gasteiger partial charge in [0.05, 0.1) is 28.5 Å². The largest absolute Gasteiger partial charge is 0.396 e. The molecule has 3 aromatic heterocycles. The molecule has 0 radical (unpaired) electrons. The lowest BCUT2D eigenvalue weighted by molar-refractivity contribution is 0.0786. The lowest BCUT2D eigenvalue weighted by atomic mass is 10.1. The summed E-state index contributed by atoms with van der Waals surface area (Å²) >= 11 is 5.89. The third-order valence-electron chi connectivity index (χ3n) is 6.78. The van der Waals surface area contributed by atoms with Gasteiger partial charge in [-0.2, -0.15) is 0 Å². The van der Waals surface area contributed by atoms with Gasteiger partial charge in [-0.3, -0.25) is 4.79 Å². The van der Waals surface area contributed by atoms with Crippen molar-refractivity contribution in [2.75, 3.05) is 43.5 Å². The van der Waals surface area contributed by atoms with Crippen LogP contribution in [0, 0.1) is 11.6 Å². The Balaban J connectivity index is 1.33. The molecule has 1 amide bonds. The molecule has 0 unspecified atom stereocenters. The second-order valence-electron chi connectivity index (χ2n) is 9.35. The van der Waals surface area contributed by atoms with Gasteiger partial charge in [0.15, 0.2) is 5.82 Å². The molecule has 4 aromatic rings. The molecule has 1 saturated heterocycles. The third-order valence-corrected chi connectivity index (χ3v) is 6.97. The Morgan fingerprint density at radius 1 is 1.15 bits per heavy atom. The maximum atomic E-state index is 15.2. The molecule has 0 bridgehead atoms. The van der Waals surface area contributed by atoms with E-state index >= 15 is 4.39 Å². The fraction of sp³-hybridized carbons (Fsp3) is 0.346. The second-order valence-corrected chi connectivity index (χ2v) is 9.78. The average molecular weight is 557 g/mol. The van der Waals surface area contributed by atoms with Crippen molar-refractivity contribution < 1.29 is 18.7 Å². The maximum Gasteiger partial charge on any atom is 0.253 e. The van der Waals surface area contributed by atoms with E-state index in [0.717, 1.165) is 18.9 Å². The number of aliphatic hydroxyl groups excluding tert-OH is 1. The molecule has 204 valence electrons. The lowest BCUT2D eigenvalue weighted by Crippen LogP contribution is -2.35. The molecule has 10 nitrogen and oxygen atoms in total. The van der Waals surface area contributed by atoms with Crippen molar-refractivity contribution in [1.29, 1.82) is 0 Å². The molecular formula is C26H27ClF2N8O2. The molecule has 0 aliphatic carbocycles. The topological polar surface area (TPSA) is 112 Å². The van der Waals surface area contributed by atoms with Crippen LogP contribution in [0.2, 0.25) is 5.02 Å². The summed E-state index contributed by atoms with van der Waals surface area (Å²) in [7, 11) is 1.59. The van der Waals surface area contributed by atoms with Crippen molar-refractivity contribution in [2.24, 2.45) is 0 Å². The van der Waals surface area contributed by atoms with Gasteiger partial charge in [-0.25, -0.2) is 28.7 Å². The van der Waals surface area contributed by atoms with Gasteiger partial charge >= 0.3 is 0 Å². The smallest absolute Gasteiger partial charge is 0.253 e. The summed E-state index contributed by atoms with van der Waals surface area (Å²) in [4.78, 5) is 33.0. The summed E-state index contributed by atoms with van der Waals surface area (Å²) in [5.41, 5.74) is 0.621. The first-order valence-electron chi connectivity index (χ1n) is 12.5. The number of benzene rings is 1. The van der Waals surface area contributed by atoms with Crippen LogP contribution < -0.4 is 10.2 Å². The Morgan fingerprint density at radius 3 is 2.59 bits per heavy atom. The highest BCUT2D eigenvalue weighted by Gasteiger charge is 2.26. The average Bonchev–Trinajstić information content (AvgIpc) is 3.30. The predicted molar refractivity (Wildman–Crippen MR) is 143 cm³/mol. The van der Waals surface area contributed by atoms with E-state index < -0.39 is 11.6 Å². The number of carbonyl (C=O) groups is 1. The Kier molecular flexibility index (Phi) is 7.84. The Morgan fingerprint density at radius 2 is 1.90 bits per heavy atom. The van der Waals surface area contributed by atoms with Crippen molar-refractivity contribution in [1.82, 2.24) is 29.4 Å². The van der Waals surface area contributed by atoms with Crippen molar-refractivity contribution >= 4 is 46.0 Å². The molecule has 4 heterocycles. The van der Waals surface area contributed by atoms with Crippen molar-refractivity contribution in [2.45, 2.75) is 25.3 Å². The number of rotatable bonds is 8. The summed E-state index contributed by atoms with van der Waals surface area (Å²) in [5.74, 6) is -0.841. The molecule has 1 aliphatic rings. The van der Waals surface area contributed by atoms with E-state index in [9.17, 15) is 9.18 Å². The van der Waals surface area contributed by atoms with E-state index in [1.54, 1.807) is 24.0 Å². The monoisotopic (exact) mass is 556 g/mol. The number of hydrogen-bond acceptors (Lipinski definition) is 8. The minimum absolute atomic E-state index is 0.00634. The van der Waals surface area contributed by atoms with Crippen LogP contribution in [0.1, 0.15) is 35.7 Å². The Labute approximate surface area is 228 Å². The van der Waals surface area contributed by atoms with E-state index in [0.29, 0.717) is 42.7 Å². The number of piperidine rings is 1. The molecule has 0 atom stereocenters. The van der Waals surface area contributed by atoms with Crippen molar-refractivity contribution in [3.8, 4) is 0 Å². The van der Waals surface area contributed by atoms with E-state index in [1.165, 1.54) is 29.6 Å². The van der Waals surface area contributed by atoms with Gasteiger partial charge in [0.1, 0.15) is 23.6 Å². The summed E-state index contributed by atoms with van der Waals surface area (Å²) in [6.45, 7) is 1.66. The second kappa shape index (κ2) is 11.5. The first kappa shape index (κ1) is 26.7. The van der Waals surface area contributed by atoms with E-state index in [4.69, 9.17) is 16.7 Å². The fourth-order valence-electron chi connectivity index (χ4n) is 4.73. The fourth-order valence-corrected chi connectivity index (χ4v) is 4.83. The van der Waals surface area contributed by atoms with E-state index in [2.05, 4.69) is 30.2 Å². The van der Waals surface area contributed by atoms with Crippen LogP contribution in [0.3, 0.4) is 0 Å². The van der Waals surface area contributed by atoms with Crippen LogP contribution in [-0.4, -0.2) is 73.7 Å². The zero-order valence-corrected chi connectivity index (χ0v) is 21.9. The van der Waals surface area contributed by atoms with Gasteiger partial charge in [-0.15, -0.1) is 0 Å². The van der Waals surface area contributed by atoms with Crippen LogP contribution in [0.5, 0.6) is 0 Å². The molecule has 0 saturated carbocycles. The molecule has 13 heteroatoms. The van der Waals surface area contributed by atoms with Crippen molar-refractivity contribution in [3.63, 3.8) is 0 Å². The summed E-state index contributed by atoms with van der Waals surface area (Å²) in [5, 5.41) is 12.5. The van der Waals surface area contributed by atoms with Crippen LogP contribution >= 0.6 is 11.6 Å². The Hall–Kier alpha value is -3.90. The molecule has 1 fully saturated rings. The Bertz CT molecular complexity index is 1480. The number of aromatic nitrogens is 5. The minimum atomic E-state index is -0.681. The van der Waals surface area contributed by atoms with Gasteiger partial charge in [0, 0.05) is 51.1 Å². The number of anilines is 3. The zero-order valence-electron chi connectivity index (χ0n) is 21.2. The normalized spacial score (nSPS) is 14.1. The van der Waals surface area contributed by atoms with Gasteiger partial charge in [-0.05, 0) is 37.5 Å². The van der Waals surface area contributed by atoms with Gasteiger partial charge < -0.3 is 24.8 Å². The molecule has 1 aromatic carbocycles.